The molecular weight excluding hydrogens is 298 g/mol. The van der Waals surface area contributed by atoms with E-state index in [4.69, 9.17) is 0 Å². The summed E-state index contributed by atoms with van der Waals surface area (Å²) in [5, 5.41) is 15.5. The fraction of sp³-hybridized carbons (Fsp3) is 0.429. The quantitative estimate of drug-likeness (QED) is 0.539. The Balaban J connectivity index is 2.01. The molecule has 3 aromatic rings. The molecule has 3 rings (SSSR count). The van der Waals surface area contributed by atoms with Crippen molar-refractivity contribution in [3.8, 4) is 0 Å². The average molecular weight is 315 g/mol. The molecule has 0 bridgehead atoms. The maximum absolute atomic E-state index is 10.7. The summed E-state index contributed by atoms with van der Waals surface area (Å²) in [6, 6.07) is 1.98. The minimum absolute atomic E-state index is 0.0556. The molecule has 0 aromatic carbocycles. The maximum atomic E-state index is 10.7. The average Bonchev–Trinajstić information content (AvgIpc) is 3.04. The molecule has 0 aliphatic carbocycles. The zero-order valence-corrected chi connectivity index (χ0v) is 13.2. The summed E-state index contributed by atoms with van der Waals surface area (Å²) >= 11 is 0. The van der Waals surface area contributed by atoms with Crippen LogP contribution >= 0.6 is 0 Å². The fourth-order valence-electron chi connectivity index (χ4n) is 2.45. The molecule has 3 aromatic heterocycles. The number of nitrogens with zero attached hydrogens (tertiary/aromatic N) is 7. The van der Waals surface area contributed by atoms with Crippen molar-refractivity contribution >= 4 is 17.0 Å². The molecule has 0 unspecified atom stereocenters. The lowest BCUT2D eigenvalue weighted by molar-refractivity contribution is -0.394. The second-order valence-electron chi connectivity index (χ2n) is 6.58. The van der Waals surface area contributed by atoms with Gasteiger partial charge in [0.1, 0.15) is 12.0 Å². The van der Waals surface area contributed by atoms with Crippen LogP contribution in [0.5, 0.6) is 0 Å². The van der Waals surface area contributed by atoms with E-state index in [-0.39, 0.29) is 5.41 Å². The predicted molar refractivity (Wildman–Crippen MR) is 82.8 cm³/mol. The molecule has 0 saturated heterocycles. The van der Waals surface area contributed by atoms with E-state index in [1.165, 1.54) is 17.3 Å². The number of nitro groups is 1. The third-order valence-electron chi connectivity index (χ3n) is 3.29. The van der Waals surface area contributed by atoms with E-state index >= 15 is 0 Å². The largest absolute Gasteiger partial charge is 0.490 e. The summed E-state index contributed by atoms with van der Waals surface area (Å²) < 4.78 is 3.56. The van der Waals surface area contributed by atoms with Gasteiger partial charge in [0, 0.05) is 28.9 Å². The normalized spacial score (nSPS) is 12.0. The van der Waals surface area contributed by atoms with Gasteiger partial charge in [0.2, 0.25) is 6.33 Å². The smallest absolute Gasteiger partial charge is 0.390 e. The van der Waals surface area contributed by atoms with Gasteiger partial charge in [-0.3, -0.25) is 0 Å². The van der Waals surface area contributed by atoms with Gasteiger partial charge < -0.3 is 14.7 Å². The van der Waals surface area contributed by atoms with Crippen LogP contribution in [-0.2, 0) is 13.1 Å². The third kappa shape index (κ3) is 3.17. The van der Waals surface area contributed by atoms with Crippen LogP contribution < -0.4 is 0 Å². The first-order valence-corrected chi connectivity index (χ1v) is 7.15. The molecule has 3 heterocycles. The highest BCUT2D eigenvalue weighted by molar-refractivity contribution is 5.76. The van der Waals surface area contributed by atoms with Gasteiger partial charge in [-0.2, -0.15) is 4.68 Å². The highest BCUT2D eigenvalue weighted by atomic mass is 16.6. The lowest BCUT2D eigenvalue weighted by atomic mass is 9.97. The minimum Gasteiger partial charge on any atom is -0.390 e. The predicted octanol–water partition coefficient (Wildman–Crippen LogP) is 2.03. The maximum Gasteiger partial charge on any atom is 0.490 e. The van der Waals surface area contributed by atoms with Crippen LogP contribution in [0.3, 0.4) is 0 Å². The van der Waals surface area contributed by atoms with Crippen LogP contribution in [0.4, 0.5) is 5.95 Å². The Morgan fingerprint density at radius 3 is 2.74 bits per heavy atom. The van der Waals surface area contributed by atoms with Crippen molar-refractivity contribution in [2.75, 3.05) is 0 Å². The molecule has 0 N–H and O–H groups in total. The van der Waals surface area contributed by atoms with Crippen molar-refractivity contribution in [1.82, 2.24) is 29.3 Å². The first-order chi connectivity index (χ1) is 10.8. The van der Waals surface area contributed by atoms with E-state index in [9.17, 15) is 10.1 Å². The Labute approximate surface area is 132 Å². The number of rotatable bonds is 4. The number of hydrogen-bond donors (Lipinski definition) is 0. The topological polar surface area (TPSA) is 105 Å². The Morgan fingerprint density at radius 2 is 2.09 bits per heavy atom. The van der Waals surface area contributed by atoms with Crippen LogP contribution in [0.15, 0.2) is 24.9 Å². The van der Waals surface area contributed by atoms with Crippen molar-refractivity contribution in [3.05, 3.63) is 40.7 Å². The second kappa shape index (κ2) is 5.41. The van der Waals surface area contributed by atoms with Crippen molar-refractivity contribution in [2.45, 2.75) is 33.9 Å². The van der Waals surface area contributed by atoms with Crippen molar-refractivity contribution < 1.29 is 4.92 Å². The van der Waals surface area contributed by atoms with Gasteiger partial charge in [-0.25, -0.2) is 9.97 Å². The van der Waals surface area contributed by atoms with E-state index in [0.29, 0.717) is 6.54 Å². The summed E-state index contributed by atoms with van der Waals surface area (Å²) in [5.41, 5.74) is 1.86. The SMILES string of the molecule is CC(C)(C)Cn1c(Cn2cnc([N+](=O)[O-])n2)cc2cncnc21. The Hall–Kier alpha value is -2.84. The number of aromatic nitrogens is 6. The first kappa shape index (κ1) is 15.1. The van der Waals surface area contributed by atoms with Gasteiger partial charge in [0.15, 0.2) is 0 Å². The van der Waals surface area contributed by atoms with Crippen molar-refractivity contribution in [3.63, 3.8) is 0 Å². The highest BCUT2D eigenvalue weighted by Gasteiger charge is 2.19. The zero-order valence-electron chi connectivity index (χ0n) is 13.2. The molecule has 120 valence electrons. The summed E-state index contributed by atoms with van der Waals surface area (Å²) in [7, 11) is 0. The van der Waals surface area contributed by atoms with Crippen LogP contribution in [0, 0.1) is 15.5 Å². The van der Waals surface area contributed by atoms with E-state index in [2.05, 4.69) is 45.4 Å². The Bertz CT molecular complexity index is 860. The highest BCUT2D eigenvalue weighted by Crippen LogP contribution is 2.24. The van der Waals surface area contributed by atoms with Crippen LogP contribution in [0.2, 0.25) is 0 Å². The third-order valence-corrected chi connectivity index (χ3v) is 3.29. The zero-order chi connectivity index (χ0) is 16.6. The van der Waals surface area contributed by atoms with Crippen molar-refractivity contribution in [1.29, 1.82) is 0 Å². The molecule has 0 atom stereocenters. The second-order valence-corrected chi connectivity index (χ2v) is 6.58. The summed E-state index contributed by atoms with van der Waals surface area (Å²) in [5.74, 6) is -0.400. The van der Waals surface area contributed by atoms with E-state index < -0.39 is 10.9 Å². The Kier molecular flexibility index (Phi) is 3.55. The standard InChI is InChI=1S/C14H17N7O2/c1-14(2,3)7-20-11(4-10-5-15-8-16-12(10)20)6-19-9-17-13(18-19)21(22)23/h4-5,8-9H,6-7H2,1-3H3. The lowest BCUT2D eigenvalue weighted by Gasteiger charge is -2.21. The van der Waals surface area contributed by atoms with Crippen LogP contribution in [0.1, 0.15) is 26.5 Å². The monoisotopic (exact) mass is 315 g/mol. The van der Waals surface area contributed by atoms with Gasteiger partial charge in [-0.15, -0.1) is 0 Å². The molecular formula is C14H17N7O2. The molecule has 9 nitrogen and oxygen atoms in total. The summed E-state index contributed by atoms with van der Waals surface area (Å²) in [4.78, 5) is 22.2. The summed E-state index contributed by atoms with van der Waals surface area (Å²) in [6.07, 6.45) is 4.64. The van der Waals surface area contributed by atoms with Gasteiger partial charge >= 0.3 is 5.95 Å². The fourth-order valence-corrected chi connectivity index (χ4v) is 2.45. The van der Waals surface area contributed by atoms with Crippen LogP contribution in [-0.4, -0.2) is 34.2 Å². The molecule has 0 aliphatic heterocycles. The van der Waals surface area contributed by atoms with Crippen LogP contribution in [0.25, 0.3) is 11.0 Å². The van der Waals surface area contributed by atoms with E-state index in [0.717, 1.165) is 23.3 Å². The molecule has 0 fully saturated rings. The molecule has 0 spiro atoms. The molecule has 0 amide bonds. The minimum atomic E-state index is -0.604. The van der Waals surface area contributed by atoms with Gasteiger partial charge in [0.25, 0.3) is 0 Å². The number of hydrogen-bond acceptors (Lipinski definition) is 6. The summed E-state index contributed by atoms with van der Waals surface area (Å²) in [6.45, 7) is 7.57. The van der Waals surface area contributed by atoms with E-state index in [1.807, 2.05) is 6.07 Å². The number of fused-ring (bicyclic) bond motifs is 1. The van der Waals surface area contributed by atoms with E-state index in [1.54, 1.807) is 6.20 Å². The lowest BCUT2D eigenvalue weighted by Crippen LogP contribution is -2.18. The molecule has 9 heteroatoms. The van der Waals surface area contributed by atoms with Gasteiger partial charge in [-0.1, -0.05) is 25.8 Å². The molecule has 23 heavy (non-hydrogen) atoms. The molecule has 0 aliphatic rings. The van der Waals surface area contributed by atoms with Gasteiger partial charge in [-0.05, 0) is 16.4 Å². The Morgan fingerprint density at radius 1 is 1.30 bits per heavy atom. The van der Waals surface area contributed by atoms with Gasteiger partial charge in [0.05, 0.1) is 6.54 Å². The first-order valence-electron chi connectivity index (χ1n) is 7.15. The molecule has 0 saturated carbocycles. The van der Waals surface area contributed by atoms with Crippen molar-refractivity contribution in [2.24, 2.45) is 5.41 Å². The molecule has 0 radical (unpaired) electrons.